The average Bonchev–Trinajstić information content (AvgIpc) is 2.01. The highest BCUT2D eigenvalue weighted by Crippen LogP contribution is 2.11. The van der Waals surface area contributed by atoms with Crippen molar-refractivity contribution >= 4 is 23.3 Å². The van der Waals surface area contributed by atoms with Crippen LogP contribution in [0.3, 0.4) is 0 Å². The fourth-order valence-corrected chi connectivity index (χ4v) is 1.19. The maximum absolute atomic E-state index is 10.7. The standard InChI is InChI=1S/C9H11ClN2O/c1-6-3-8(5-10)12-9(4-6)11-7(2)13/h3-4H,5H2,1-2H3,(H,11,12,13). The van der Waals surface area contributed by atoms with Gasteiger partial charge in [0.25, 0.3) is 0 Å². The number of nitrogens with zero attached hydrogens (tertiary/aromatic N) is 1. The van der Waals surface area contributed by atoms with E-state index in [1.165, 1.54) is 6.92 Å². The zero-order valence-corrected chi connectivity index (χ0v) is 8.35. The lowest BCUT2D eigenvalue weighted by Gasteiger charge is -2.04. The predicted octanol–water partition coefficient (Wildman–Crippen LogP) is 2.09. The van der Waals surface area contributed by atoms with Gasteiger partial charge in [-0.2, -0.15) is 0 Å². The minimum absolute atomic E-state index is 0.126. The number of amides is 1. The molecular weight excluding hydrogens is 188 g/mol. The van der Waals surface area contributed by atoms with Gasteiger partial charge in [-0.25, -0.2) is 4.98 Å². The fraction of sp³-hybridized carbons (Fsp3) is 0.333. The molecule has 0 aromatic carbocycles. The zero-order chi connectivity index (χ0) is 9.84. The lowest BCUT2D eigenvalue weighted by molar-refractivity contribution is -0.114. The Hall–Kier alpha value is -1.09. The van der Waals surface area contributed by atoms with Gasteiger partial charge in [0.1, 0.15) is 5.82 Å². The number of nitrogens with one attached hydrogen (secondary N) is 1. The third-order valence-corrected chi connectivity index (χ3v) is 1.74. The first-order valence-corrected chi connectivity index (χ1v) is 4.46. The summed E-state index contributed by atoms with van der Waals surface area (Å²) < 4.78 is 0. The Morgan fingerprint density at radius 2 is 2.31 bits per heavy atom. The molecule has 1 amide bonds. The maximum atomic E-state index is 10.7. The van der Waals surface area contributed by atoms with Crippen molar-refractivity contribution in [2.75, 3.05) is 5.32 Å². The van der Waals surface area contributed by atoms with Crippen molar-refractivity contribution in [3.63, 3.8) is 0 Å². The first-order chi connectivity index (χ1) is 6.11. The quantitative estimate of drug-likeness (QED) is 0.740. The molecular formula is C9H11ClN2O. The van der Waals surface area contributed by atoms with Gasteiger partial charge in [0, 0.05) is 6.92 Å². The minimum atomic E-state index is -0.126. The summed E-state index contributed by atoms with van der Waals surface area (Å²) in [6, 6.07) is 3.69. The zero-order valence-electron chi connectivity index (χ0n) is 7.60. The van der Waals surface area contributed by atoms with E-state index >= 15 is 0 Å². The molecule has 0 spiro atoms. The number of hydrogen-bond donors (Lipinski definition) is 1. The van der Waals surface area contributed by atoms with Crippen LogP contribution in [0.5, 0.6) is 0 Å². The summed E-state index contributed by atoms with van der Waals surface area (Å²) in [7, 11) is 0. The molecule has 1 aromatic rings. The van der Waals surface area contributed by atoms with E-state index < -0.39 is 0 Å². The predicted molar refractivity (Wildman–Crippen MR) is 52.8 cm³/mol. The molecule has 1 heterocycles. The molecule has 70 valence electrons. The molecule has 0 atom stereocenters. The molecule has 0 unspecified atom stereocenters. The summed E-state index contributed by atoms with van der Waals surface area (Å²) in [5.74, 6) is 0.788. The highest BCUT2D eigenvalue weighted by Gasteiger charge is 2.00. The average molecular weight is 199 g/mol. The summed E-state index contributed by atoms with van der Waals surface area (Å²) in [4.78, 5) is 14.9. The summed E-state index contributed by atoms with van der Waals surface area (Å²) in [6.07, 6.45) is 0. The van der Waals surface area contributed by atoms with E-state index in [1.807, 2.05) is 13.0 Å². The van der Waals surface area contributed by atoms with Gasteiger partial charge in [0.05, 0.1) is 11.6 Å². The van der Waals surface area contributed by atoms with Crippen LogP contribution in [-0.4, -0.2) is 10.9 Å². The number of anilines is 1. The molecule has 1 aromatic heterocycles. The van der Waals surface area contributed by atoms with Crippen molar-refractivity contribution in [2.24, 2.45) is 0 Å². The van der Waals surface area contributed by atoms with E-state index in [0.29, 0.717) is 11.7 Å². The Kier molecular flexibility index (Phi) is 3.25. The van der Waals surface area contributed by atoms with Gasteiger partial charge >= 0.3 is 0 Å². The monoisotopic (exact) mass is 198 g/mol. The second kappa shape index (κ2) is 4.23. The molecule has 0 bridgehead atoms. The molecule has 4 heteroatoms. The van der Waals surface area contributed by atoms with Crippen LogP contribution < -0.4 is 5.32 Å². The van der Waals surface area contributed by atoms with Gasteiger partial charge < -0.3 is 5.32 Å². The molecule has 0 aliphatic heterocycles. The fourth-order valence-electron chi connectivity index (χ4n) is 1.05. The summed E-state index contributed by atoms with van der Waals surface area (Å²) in [6.45, 7) is 3.38. The van der Waals surface area contributed by atoms with Crippen LogP contribution in [0.4, 0.5) is 5.82 Å². The Balaban J connectivity index is 2.94. The number of pyridine rings is 1. The van der Waals surface area contributed by atoms with Crippen LogP contribution in [0.2, 0.25) is 0 Å². The van der Waals surface area contributed by atoms with E-state index in [1.54, 1.807) is 6.07 Å². The lowest BCUT2D eigenvalue weighted by atomic mass is 10.2. The van der Waals surface area contributed by atoms with Crippen LogP contribution in [0.15, 0.2) is 12.1 Å². The molecule has 0 aliphatic carbocycles. The van der Waals surface area contributed by atoms with Crippen LogP contribution in [0.25, 0.3) is 0 Å². The Bertz CT molecular complexity index is 325. The molecule has 0 saturated carbocycles. The van der Waals surface area contributed by atoms with Crippen LogP contribution >= 0.6 is 11.6 Å². The van der Waals surface area contributed by atoms with Gasteiger partial charge in [0.15, 0.2) is 0 Å². The second-order valence-corrected chi connectivity index (χ2v) is 3.10. The molecule has 0 radical (unpaired) electrons. The van der Waals surface area contributed by atoms with Crippen LogP contribution in [-0.2, 0) is 10.7 Å². The van der Waals surface area contributed by atoms with Crippen molar-refractivity contribution in [2.45, 2.75) is 19.7 Å². The van der Waals surface area contributed by atoms with Gasteiger partial charge in [-0.05, 0) is 24.6 Å². The Labute approximate surface area is 82.1 Å². The lowest BCUT2D eigenvalue weighted by Crippen LogP contribution is -2.08. The SMILES string of the molecule is CC(=O)Nc1cc(C)cc(CCl)n1. The molecule has 3 nitrogen and oxygen atoms in total. The van der Waals surface area contributed by atoms with Gasteiger partial charge in [-0.15, -0.1) is 11.6 Å². The number of halogens is 1. The molecule has 0 saturated heterocycles. The van der Waals surface area contributed by atoms with Crippen molar-refractivity contribution in [3.8, 4) is 0 Å². The van der Waals surface area contributed by atoms with Crippen molar-refractivity contribution < 1.29 is 4.79 Å². The van der Waals surface area contributed by atoms with Gasteiger partial charge in [-0.1, -0.05) is 0 Å². The second-order valence-electron chi connectivity index (χ2n) is 2.84. The van der Waals surface area contributed by atoms with Crippen LogP contribution in [0, 0.1) is 6.92 Å². The Morgan fingerprint density at radius 3 is 2.85 bits per heavy atom. The highest BCUT2D eigenvalue weighted by atomic mass is 35.5. The van der Waals surface area contributed by atoms with Crippen molar-refractivity contribution in [3.05, 3.63) is 23.4 Å². The van der Waals surface area contributed by atoms with E-state index in [-0.39, 0.29) is 5.91 Å². The molecule has 13 heavy (non-hydrogen) atoms. The van der Waals surface area contributed by atoms with E-state index in [0.717, 1.165) is 11.3 Å². The van der Waals surface area contributed by atoms with Gasteiger partial charge in [-0.3, -0.25) is 4.79 Å². The van der Waals surface area contributed by atoms with E-state index in [2.05, 4.69) is 10.3 Å². The molecule has 1 N–H and O–H groups in total. The summed E-state index contributed by atoms with van der Waals surface area (Å²) >= 11 is 5.63. The summed E-state index contributed by atoms with van der Waals surface area (Å²) in [5, 5.41) is 2.61. The first kappa shape index (κ1) is 9.99. The third-order valence-electron chi connectivity index (χ3n) is 1.46. The number of carbonyl (C=O) groups is 1. The number of rotatable bonds is 2. The number of alkyl halides is 1. The molecule has 0 aliphatic rings. The largest absolute Gasteiger partial charge is 0.311 e. The number of aromatic nitrogens is 1. The topological polar surface area (TPSA) is 42.0 Å². The number of hydrogen-bond acceptors (Lipinski definition) is 2. The first-order valence-electron chi connectivity index (χ1n) is 3.93. The molecule has 0 fully saturated rings. The van der Waals surface area contributed by atoms with Crippen LogP contribution in [0.1, 0.15) is 18.2 Å². The summed E-state index contributed by atoms with van der Waals surface area (Å²) in [5.41, 5.74) is 1.81. The van der Waals surface area contributed by atoms with Crippen molar-refractivity contribution in [1.82, 2.24) is 4.98 Å². The Morgan fingerprint density at radius 1 is 1.62 bits per heavy atom. The van der Waals surface area contributed by atoms with Crippen molar-refractivity contribution in [1.29, 1.82) is 0 Å². The number of aryl methyl sites for hydroxylation is 1. The van der Waals surface area contributed by atoms with E-state index in [9.17, 15) is 4.79 Å². The smallest absolute Gasteiger partial charge is 0.222 e. The molecule has 1 rings (SSSR count). The van der Waals surface area contributed by atoms with E-state index in [4.69, 9.17) is 11.6 Å². The maximum Gasteiger partial charge on any atom is 0.222 e. The van der Waals surface area contributed by atoms with Gasteiger partial charge in [0.2, 0.25) is 5.91 Å². The number of carbonyl (C=O) groups excluding carboxylic acids is 1. The minimum Gasteiger partial charge on any atom is -0.311 e. The normalized spacial score (nSPS) is 9.77. The highest BCUT2D eigenvalue weighted by molar-refractivity contribution is 6.16. The third kappa shape index (κ3) is 3.03.